The molecule has 2 atom stereocenters. The van der Waals surface area contributed by atoms with E-state index in [1.54, 1.807) is 24.3 Å². The number of carbonyl (C=O) groups excluding carboxylic acids is 1. The molecule has 6 rings (SSSR count). The number of nitrogens with one attached hydrogen (secondary N) is 1. The minimum atomic E-state index is -3.96. The summed E-state index contributed by atoms with van der Waals surface area (Å²) in [5, 5.41) is 28.7. The van der Waals surface area contributed by atoms with Crippen LogP contribution in [0.4, 0.5) is 0 Å². The number of phenolic OH excluding ortho intramolecular Hbond substituents is 2. The molecule has 2 aromatic heterocycles. The van der Waals surface area contributed by atoms with Gasteiger partial charge in [0.1, 0.15) is 40.9 Å². The van der Waals surface area contributed by atoms with E-state index in [1.165, 1.54) is 30.3 Å². The highest BCUT2D eigenvalue weighted by Crippen LogP contribution is 2.43. The van der Waals surface area contributed by atoms with Gasteiger partial charge in [0.2, 0.25) is 0 Å². The summed E-state index contributed by atoms with van der Waals surface area (Å²) < 4.78 is 32.4. The van der Waals surface area contributed by atoms with Gasteiger partial charge < -0.3 is 24.8 Å². The fourth-order valence-corrected chi connectivity index (χ4v) is 6.81. The second-order valence-corrected chi connectivity index (χ2v) is 12.7. The molecule has 0 unspecified atom stereocenters. The molecule has 3 heterocycles. The molecular weight excluding hydrogens is 610 g/mol. The van der Waals surface area contributed by atoms with E-state index in [4.69, 9.17) is 16.0 Å². The average molecular weight is 636 g/mol. The molecule has 3 aromatic carbocycles. The van der Waals surface area contributed by atoms with Gasteiger partial charge in [0.15, 0.2) is 5.43 Å². The molecule has 1 fully saturated rings. The zero-order chi connectivity index (χ0) is 31.2. The van der Waals surface area contributed by atoms with Crippen LogP contribution >= 0.6 is 11.6 Å². The molecule has 1 aliphatic heterocycles. The lowest BCUT2D eigenvalue weighted by Gasteiger charge is -2.37. The number of amides is 1. The number of piperidine rings is 1. The van der Waals surface area contributed by atoms with Gasteiger partial charge in [-0.1, -0.05) is 23.7 Å². The minimum absolute atomic E-state index is 0.00129. The van der Waals surface area contributed by atoms with Crippen LogP contribution in [0.2, 0.25) is 5.02 Å². The van der Waals surface area contributed by atoms with Crippen molar-refractivity contribution in [2.24, 2.45) is 0 Å². The van der Waals surface area contributed by atoms with E-state index in [0.29, 0.717) is 30.1 Å². The van der Waals surface area contributed by atoms with Crippen LogP contribution in [0, 0.1) is 0 Å². The van der Waals surface area contributed by atoms with E-state index < -0.39 is 39.1 Å². The van der Waals surface area contributed by atoms with Crippen molar-refractivity contribution in [3.8, 4) is 22.8 Å². The lowest BCUT2D eigenvalue weighted by atomic mass is 9.83. The van der Waals surface area contributed by atoms with E-state index >= 15 is 0 Å². The summed E-state index contributed by atoms with van der Waals surface area (Å²) in [6.07, 6.45) is 2.65. The largest absolute Gasteiger partial charge is 0.507 e. The van der Waals surface area contributed by atoms with Crippen molar-refractivity contribution in [2.75, 3.05) is 20.1 Å². The highest BCUT2D eigenvalue weighted by atomic mass is 35.5. The van der Waals surface area contributed by atoms with Gasteiger partial charge in [-0.05, 0) is 56.4 Å². The SMILES string of the molecule is CN1CC[C@H](c2c(O)cc(O)c3c(=O)cc(-c4ccccc4Cl)oc23)[C@@H](NC(=O)c2ccc(S(=O)(=O)n3cncn3)cc2)C1. The lowest BCUT2D eigenvalue weighted by molar-refractivity contribution is 0.0899. The second kappa shape index (κ2) is 11.4. The smallest absolute Gasteiger partial charge is 0.284 e. The number of aromatic nitrogens is 3. The summed E-state index contributed by atoms with van der Waals surface area (Å²) in [5.41, 5.74) is 0.429. The Balaban J connectivity index is 1.37. The van der Waals surface area contributed by atoms with Crippen LogP contribution in [-0.4, -0.2) is 69.8 Å². The minimum Gasteiger partial charge on any atom is -0.507 e. The van der Waals surface area contributed by atoms with Crippen LogP contribution in [0.1, 0.15) is 28.3 Å². The number of hydrogen-bond donors (Lipinski definition) is 3. The van der Waals surface area contributed by atoms with Crippen molar-refractivity contribution in [3.63, 3.8) is 0 Å². The maximum absolute atomic E-state index is 13.4. The number of nitrogens with zero attached hydrogens (tertiary/aromatic N) is 4. The van der Waals surface area contributed by atoms with Gasteiger partial charge >= 0.3 is 0 Å². The van der Waals surface area contributed by atoms with Crippen LogP contribution in [0.5, 0.6) is 11.5 Å². The van der Waals surface area contributed by atoms with Gasteiger partial charge in [-0.2, -0.15) is 8.42 Å². The first kappa shape index (κ1) is 29.4. The third-order valence-electron chi connectivity index (χ3n) is 7.70. The van der Waals surface area contributed by atoms with E-state index in [2.05, 4.69) is 15.4 Å². The predicted octanol–water partition coefficient (Wildman–Crippen LogP) is 3.57. The van der Waals surface area contributed by atoms with Crippen molar-refractivity contribution >= 4 is 38.5 Å². The number of likely N-dealkylation sites (N-methyl/N-ethyl adjacent to an activating group) is 1. The summed E-state index contributed by atoms with van der Waals surface area (Å²) in [6.45, 7) is 1.01. The zero-order valence-corrected chi connectivity index (χ0v) is 24.8. The van der Waals surface area contributed by atoms with Crippen molar-refractivity contribution < 1.29 is 27.8 Å². The first-order valence-corrected chi connectivity index (χ1v) is 15.3. The summed E-state index contributed by atoms with van der Waals surface area (Å²) in [7, 11) is -2.07. The Labute approximate surface area is 256 Å². The van der Waals surface area contributed by atoms with E-state index in [1.807, 2.05) is 11.9 Å². The van der Waals surface area contributed by atoms with E-state index in [0.717, 1.165) is 22.8 Å². The first-order valence-electron chi connectivity index (χ1n) is 13.5. The molecule has 12 nitrogen and oxygen atoms in total. The van der Waals surface area contributed by atoms with E-state index in [-0.39, 0.29) is 38.5 Å². The van der Waals surface area contributed by atoms with Gasteiger partial charge in [-0.25, -0.2) is 4.98 Å². The second-order valence-electron chi connectivity index (χ2n) is 10.5. The van der Waals surface area contributed by atoms with Crippen LogP contribution in [0.25, 0.3) is 22.3 Å². The average Bonchev–Trinajstić information content (AvgIpc) is 3.54. The quantitative estimate of drug-likeness (QED) is 0.251. The van der Waals surface area contributed by atoms with Crippen LogP contribution < -0.4 is 10.7 Å². The number of carbonyl (C=O) groups is 1. The van der Waals surface area contributed by atoms with Crippen LogP contribution in [-0.2, 0) is 10.0 Å². The lowest BCUT2D eigenvalue weighted by Crippen LogP contribution is -2.50. The number of likely N-dealkylation sites (tertiary alicyclic amines) is 1. The third kappa shape index (κ3) is 5.29. The van der Waals surface area contributed by atoms with Gasteiger partial charge in [-0.15, -0.1) is 9.19 Å². The molecule has 0 radical (unpaired) electrons. The summed E-state index contributed by atoms with van der Waals surface area (Å²) >= 11 is 6.37. The number of rotatable bonds is 6. The highest BCUT2D eigenvalue weighted by Gasteiger charge is 2.35. The summed E-state index contributed by atoms with van der Waals surface area (Å²) in [6, 6.07) is 14.0. The topological polar surface area (TPSA) is 168 Å². The molecule has 44 heavy (non-hydrogen) atoms. The normalized spacial score (nSPS) is 17.5. The molecule has 226 valence electrons. The Morgan fingerprint density at radius 1 is 1.09 bits per heavy atom. The molecule has 1 aliphatic rings. The maximum atomic E-state index is 13.4. The van der Waals surface area contributed by atoms with Crippen molar-refractivity contribution in [2.45, 2.75) is 23.3 Å². The Morgan fingerprint density at radius 2 is 1.84 bits per heavy atom. The summed E-state index contributed by atoms with van der Waals surface area (Å²) in [5.74, 6) is -1.55. The van der Waals surface area contributed by atoms with Gasteiger partial charge in [-0.3, -0.25) is 9.59 Å². The Hall–Kier alpha value is -4.72. The monoisotopic (exact) mass is 635 g/mol. The number of phenols is 2. The van der Waals surface area contributed by atoms with Gasteiger partial charge in [0, 0.05) is 47.3 Å². The molecule has 0 aliphatic carbocycles. The number of benzene rings is 3. The molecule has 3 N–H and O–H groups in total. The first-order chi connectivity index (χ1) is 21.0. The molecule has 0 spiro atoms. The zero-order valence-electron chi connectivity index (χ0n) is 23.2. The Morgan fingerprint density at radius 3 is 2.55 bits per heavy atom. The molecular formula is C30H26ClN5O7S. The van der Waals surface area contributed by atoms with Crippen molar-refractivity contribution in [1.29, 1.82) is 0 Å². The summed E-state index contributed by atoms with van der Waals surface area (Å²) in [4.78, 5) is 32.3. The van der Waals surface area contributed by atoms with Gasteiger partial charge in [0.05, 0.1) is 9.92 Å². The highest BCUT2D eigenvalue weighted by molar-refractivity contribution is 7.89. The molecule has 5 aromatic rings. The number of halogens is 1. The number of hydrogen-bond acceptors (Lipinski definition) is 10. The molecule has 1 saturated heterocycles. The molecule has 0 bridgehead atoms. The Kier molecular flexibility index (Phi) is 7.61. The van der Waals surface area contributed by atoms with Gasteiger partial charge in [0.25, 0.3) is 15.9 Å². The van der Waals surface area contributed by atoms with Crippen LogP contribution in [0.3, 0.4) is 0 Å². The van der Waals surface area contributed by atoms with E-state index in [9.17, 15) is 28.2 Å². The molecule has 14 heteroatoms. The fraction of sp³-hybridized carbons (Fsp3) is 0.200. The van der Waals surface area contributed by atoms with Crippen LogP contribution in [0.15, 0.2) is 87.4 Å². The predicted molar refractivity (Wildman–Crippen MR) is 161 cm³/mol. The number of fused-ring (bicyclic) bond motifs is 1. The third-order valence-corrected chi connectivity index (χ3v) is 9.58. The Bertz CT molecular complexity index is 2050. The van der Waals surface area contributed by atoms with Crippen molar-refractivity contribution in [3.05, 3.63) is 99.7 Å². The van der Waals surface area contributed by atoms with Crippen molar-refractivity contribution in [1.82, 2.24) is 24.4 Å². The molecule has 1 amide bonds. The number of aromatic hydroxyl groups is 2. The maximum Gasteiger partial charge on any atom is 0.284 e. The standard InChI is InChI=1S/C30H26ClN5O7S/c1-35-11-10-20(22(14-35)34-30(40)17-6-8-18(9-7-17)44(41,42)36-16-32-15-33-36)27-23(37)12-24(38)28-25(39)13-26(43-29(27)28)19-4-2-3-5-21(19)31/h2-9,12-13,15-16,20,22,37-38H,10-11,14H2,1H3,(H,34,40)/t20-,22-/m0/s1. The molecule has 0 saturated carbocycles. The fourth-order valence-electron chi connectivity index (χ4n) is 5.54.